The first-order valence-corrected chi connectivity index (χ1v) is 41.1. The number of carbonyl (C=O) groups excluding carboxylic acids is 10. The molecule has 5 N–H and O–H groups in total. The van der Waals surface area contributed by atoms with Gasteiger partial charge in [-0.05, 0) is 105 Å². The number of amides is 2. The minimum Gasteiger partial charge on any atom is -0.477 e. The predicted octanol–water partition coefficient (Wildman–Crippen LogP) is 16.1. The second kappa shape index (κ2) is 43.6. The van der Waals surface area contributed by atoms with Gasteiger partial charge in [-0.3, -0.25) is 44.2 Å². The van der Waals surface area contributed by atoms with Crippen molar-refractivity contribution >= 4 is 266 Å². The molecular formula is C74H60Cl4N14O22S7. The zero-order valence-corrected chi connectivity index (χ0v) is 72.5. The smallest absolute Gasteiger partial charge is 0.348 e. The van der Waals surface area contributed by atoms with Crippen molar-refractivity contribution in [1.82, 2.24) is 29.9 Å². The molecule has 628 valence electrons. The molecule has 0 spiro atoms. The van der Waals surface area contributed by atoms with Gasteiger partial charge in [0, 0.05) is 41.9 Å². The molecule has 36 nitrogen and oxygen atoms in total. The first-order valence-electron chi connectivity index (χ1n) is 33.8. The van der Waals surface area contributed by atoms with Gasteiger partial charge in [0.25, 0.3) is 17.5 Å². The number of nitriles is 1. The number of halogens is 4. The third-order valence-electron chi connectivity index (χ3n) is 15.5. The van der Waals surface area contributed by atoms with E-state index in [9.17, 15) is 78.2 Å². The quantitative estimate of drug-likeness (QED) is 0.0245. The van der Waals surface area contributed by atoms with Crippen LogP contribution < -0.4 is 21.3 Å². The number of nitrogens with one attached hydrogen (secondary N) is 4. The number of rotatable bonds is 17. The van der Waals surface area contributed by atoms with Crippen LogP contribution in [0.1, 0.15) is 121 Å². The Hall–Kier alpha value is -12.4. The van der Waals surface area contributed by atoms with Crippen LogP contribution in [0.25, 0.3) is 31.0 Å². The number of benzene rings is 2. The highest BCUT2D eigenvalue weighted by Gasteiger charge is 2.27. The summed E-state index contributed by atoms with van der Waals surface area (Å²) in [6.45, 7) is 7.49. The molecule has 10 aromatic heterocycles. The van der Waals surface area contributed by atoms with E-state index in [1.807, 2.05) is 19.1 Å². The Kier molecular flexibility index (Phi) is 33.9. The molecule has 47 heteroatoms. The molecule has 0 bridgehead atoms. The van der Waals surface area contributed by atoms with Crippen molar-refractivity contribution in [2.45, 2.75) is 46.0 Å². The van der Waals surface area contributed by atoms with Crippen molar-refractivity contribution in [3.05, 3.63) is 206 Å². The Morgan fingerprint density at radius 3 is 1.62 bits per heavy atom. The number of hydrogen-bond donors (Lipinski definition) is 5. The standard InChI is InChI=1S/C25H20ClN5O2S.C10H12N2O6S.C9H9NO3S.C9H7NO3S.C8H5ClN2O2S.C7H3ClN2O2S.C6H4ClNO4S/c1-14-7-8-17(29-22(32)15-5-4-6-16(9-15)25(2,3)13-27)10-18(14)31-23(33)20-11-19-24(34-20)28-12-21(26)30-19;1-3-18-8(13)5-11-9-6(12(15)16)4-7(19-9)10(14)17-2;2*1-13-9(12)7-3-5-2-6(11)4-10-8(5)14-7;1-13-8(12)5-2-4-7(14-5)10-3-6(9)11-4;8-5-2-9-6-3(10-5)1-4(13-6)7(11)12;1-12-6(9)4-2-3(8(10)11)5(7)13-4/h4-12H,1-3H3,(H,29,32)(H,31,33);4,11H,3,5H2,1-2H3;3,10H,2,4H2,1H3;3-4H,2H2,1H3;2-3H,1H3;1-2H,(H,11,12);2H,1H3. The largest absolute Gasteiger partial charge is 0.477 e. The number of esters is 6. The van der Waals surface area contributed by atoms with Crippen molar-refractivity contribution in [2.24, 2.45) is 4.99 Å². The van der Waals surface area contributed by atoms with Gasteiger partial charge in [-0.15, -0.1) is 79.4 Å². The number of nitrogens with zero attached hydrogens (tertiary/aromatic N) is 10. The second-order valence-corrected chi connectivity index (χ2v) is 33.2. The number of hydrogen-bond acceptors (Lipinski definition) is 38. The van der Waals surface area contributed by atoms with Crippen LogP contribution in [0, 0.1) is 38.5 Å². The Labute approximate surface area is 730 Å². The van der Waals surface area contributed by atoms with Crippen molar-refractivity contribution in [3.8, 4) is 6.07 Å². The van der Waals surface area contributed by atoms with E-state index in [-0.39, 0.29) is 100 Å². The molecule has 12 aromatic rings. The van der Waals surface area contributed by atoms with E-state index in [1.165, 1.54) is 112 Å². The fourth-order valence-corrected chi connectivity index (χ4v) is 16.5. The van der Waals surface area contributed by atoms with Gasteiger partial charge in [0.1, 0.15) is 87.3 Å². The number of methoxy groups -OCH3 is 5. The predicted molar refractivity (Wildman–Crippen MR) is 458 cm³/mol. The molecule has 0 radical (unpaired) electrons. The zero-order chi connectivity index (χ0) is 88.7. The summed E-state index contributed by atoms with van der Waals surface area (Å²) in [5, 5.41) is 53.1. The molecule has 121 heavy (non-hydrogen) atoms. The van der Waals surface area contributed by atoms with E-state index in [0.29, 0.717) is 92.0 Å². The molecule has 2 aromatic carbocycles. The van der Waals surface area contributed by atoms with Gasteiger partial charge >= 0.3 is 47.5 Å². The minimum atomic E-state index is -0.971. The van der Waals surface area contributed by atoms with Crippen LogP contribution in [0.2, 0.25) is 19.8 Å². The highest BCUT2D eigenvalue weighted by atomic mass is 35.5. The lowest BCUT2D eigenvalue weighted by Crippen LogP contribution is -2.20. The van der Waals surface area contributed by atoms with Gasteiger partial charge in [-0.1, -0.05) is 64.6 Å². The number of Topliss-reactive ketones (excluding diaryl/α,β-unsaturated/α-hetero) is 2. The summed E-state index contributed by atoms with van der Waals surface area (Å²) in [7, 11) is 6.39. The molecule has 2 aliphatic rings. The monoisotopic (exact) mass is 1860 g/mol. The molecule has 0 fully saturated rings. The summed E-state index contributed by atoms with van der Waals surface area (Å²) in [4.78, 5) is 178. The number of anilines is 4. The highest BCUT2D eigenvalue weighted by molar-refractivity contribution is 7.21. The van der Waals surface area contributed by atoms with E-state index in [4.69, 9.17) is 51.5 Å². The summed E-state index contributed by atoms with van der Waals surface area (Å²) in [6, 6.07) is 24.8. The van der Waals surface area contributed by atoms with Crippen LogP contribution in [0.4, 0.5) is 37.8 Å². The number of aromatic carboxylic acids is 1. The first kappa shape index (κ1) is 94.1. The van der Waals surface area contributed by atoms with Crippen molar-refractivity contribution in [1.29, 1.82) is 5.26 Å². The summed E-state index contributed by atoms with van der Waals surface area (Å²) in [5.74, 6) is -4.42. The topological polar surface area (TPSA) is 511 Å². The molecule has 0 unspecified atom stereocenters. The molecule has 0 saturated heterocycles. The lowest BCUT2D eigenvalue weighted by Gasteiger charge is -2.16. The Morgan fingerprint density at radius 1 is 0.595 bits per heavy atom. The number of aromatic nitrogens is 6. The van der Waals surface area contributed by atoms with Gasteiger partial charge in [-0.2, -0.15) is 5.26 Å². The number of ether oxygens (including phenoxy) is 6. The van der Waals surface area contributed by atoms with Crippen molar-refractivity contribution in [2.75, 3.05) is 76.5 Å². The molecule has 0 aliphatic carbocycles. The number of aliphatic imine (C=N–C) groups is 1. The molecule has 2 amide bonds. The number of nitro groups is 2. The van der Waals surface area contributed by atoms with Crippen LogP contribution in [-0.4, -0.2) is 171 Å². The Balaban J connectivity index is 0.000000182. The van der Waals surface area contributed by atoms with Gasteiger partial charge in [0.2, 0.25) is 0 Å². The maximum atomic E-state index is 12.8. The molecular weight excluding hydrogens is 1800 g/mol. The normalized spacial score (nSPS) is 11.3. The lowest BCUT2D eigenvalue weighted by atomic mass is 9.85. The van der Waals surface area contributed by atoms with E-state index in [0.717, 1.165) is 78.4 Å². The lowest BCUT2D eigenvalue weighted by molar-refractivity contribution is -0.384. The van der Waals surface area contributed by atoms with Gasteiger partial charge in [0.05, 0.1) is 105 Å². The van der Waals surface area contributed by atoms with E-state index in [2.05, 4.69) is 90.7 Å². The summed E-state index contributed by atoms with van der Waals surface area (Å²) in [5.41, 5.74) is 5.27. The number of ketones is 2. The average Bonchev–Trinajstić information content (AvgIpc) is 1.80. The average molecular weight is 1860 g/mol. The SMILES string of the molecule is CCOC(=O)CNc1sc(C(=O)OC)cc1[N+](=O)[O-].COC(=O)c1cc([N+](=O)[O-])c(Cl)s1.COC(=O)c1cc2c(s1)N=CC(=O)C2.COC(=O)c1cc2c(s1)NCC(=O)C2.COC(=O)c1cc2nc(Cl)cnc2s1.Cc1ccc(NC(=O)c2cccc(C(C)(C)C#N)c2)cc1NC(=O)c1cc2nc(Cl)cnc2s1.O=C(O)c1cc2nc(Cl)cnc2s1. The van der Waals surface area contributed by atoms with Crippen LogP contribution in [-0.2, 0) is 61.1 Å². The number of carboxylic acid groups (broad SMARTS) is 1. The maximum Gasteiger partial charge on any atom is 0.348 e. The first-order chi connectivity index (χ1) is 57.5. The maximum absolute atomic E-state index is 12.8. The number of fused-ring (bicyclic) bond motifs is 5. The molecule has 12 heterocycles. The fraction of sp³-hybridized carbons (Fsp3) is 0.203. The number of carbonyl (C=O) groups is 11. The molecule has 14 rings (SSSR count). The molecule has 2 aliphatic heterocycles. The van der Waals surface area contributed by atoms with E-state index in [1.54, 1.807) is 75.4 Å². The summed E-state index contributed by atoms with van der Waals surface area (Å²) in [6.07, 6.45) is 6.31. The zero-order valence-electron chi connectivity index (χ0n) is 63.8. The van der Waals surface area contributed by atoms with Crippen molar-refractivity contribution < 1.29 is 96.1 Å². The van der Waals surface area contributed by atoms with Crippen LogP contribution in [0.5, 0.6) is 0 Å². The summed E-state index contributed by atoms with van der Waals surface area (Å²) >= 11 is 30.4. The summed E-state index contributed by atoms with van der Waals surface area (Å²) < 4.78 is 27.3. The van der Waals surface area contributed by atoms with Crippen LogP contribution in [0.15, 0.2) is 109 Å². The van der Waals surface area contributed by atoms with Crippen LogP contribution in [0.3, 0.4) is 0 Å². The Bertz CT molecular complexity index is 6090. The molecule has 0 saturated carbocycles. The van der Waals surface area contributed by atoms with Crippen LogP contribution >= 0.6 is 126 Å². The fourth-order valence-electron chi connectivity index (χ4n) is 9.63. The van der Waals surface area contributed by atoms with Crippen molar-refractivity contribution in [3.63, 3.8) is 0 Å². The van der Waals surface area contributed by atoms with E-state index < -0.39 is 39.1 Å². The van der Waals surface area contributed by atoms with Gasteiger partial charge < -0.3 is 54.8 Å². The van der Waals surface area contributed by atoms with E-state index >= 15 is 0 Å². The molecule has 0 atom stereocenters. The Morgan fingerprint density at radius 2 is 1.09 bits per heavy atom. The van der Waals surface area contributed by atoms with Gasteiger partial charge in [-0.25, -0.2) is 63.7 Å². The van der Waals surface area contributed by atoms with Gasteiger partial charge in [0.15, 0.2) is 20.9 Å². The number of aryl methyl sites for hydroxylation is 1. The minimum absolute atomic E-state index is 0.0228. The number of thiophene rings is 7. The number of carboxylic acids is 1. The second-order valence-electron chi connectivity index (χ2n) is 24.1. The third-order valence-corrected chi connectivity index (χ3v) is 23.6. The third kappa shape index (κ3) is 26.1. The highest BCUT2D eigenvalue weighted by Crippen LogP contribution is 2.38.